The van der Waals surface area contributed by atoms with Crippen LogP contribution in [0.2, 0.25) is 6.04 Å². The van der Waals surface area contributed by atoms with Gasteiger partial charge < -0.3 is 19.0 Å². The van der Waals surface area contributed by atoms with Crippen LogP contribution in [-0.4, -0.2) is 59.2 Å². The van der Waals surface area contributed by atoms with Crippen LogP contribution in [0.25, 0.3) is 0 Å². The van der Waals surface area contributed by atoms with Crippen LogP contribution in [0.4, 0.5) is 0 Å². The van der Waals surface area contributed by atoms with Gasteiger partial charge in [-0.1, -0.05) is 0 Å². The molecule has 0 aromatic rings. The van der Waals surface area contributed by atoms with E-state index < -0.39 is 8.80 Å². The van der Waals surface area contributed by atoms with Crippen molar-refractivity contribution in [2.75, 3.05) is 39.5 Å². The third-order valence-corrected chi connectivity index (χ3v) is 6.57. The van der Waals surface area contributed by atoms with Crippen molar-refractivity contribution in [1.29, 1.82) is 0 Å². The minimum Gasteiger partial charge on any atom is -0.374 e. The molecule has 21 heavy (non-hydrogen) atoms. The molecule has 5 nitrogen and oxygen atoms in total. The van der Waals surface area contributed by atoms with Crippen molar-refractivity contribution in [2.24, 2.45) is 5.73 Å². The third kappa shape index (κ3) is 8.90. The Bertz CT molecular complexity index is 226. The molecule has 0 radical (unpaired) electrons. The molecule has 0 amide bonds. The molecular weight excluding hydrogens is 284 g/mol. The highest BCUT2D eigenvalue weighted by molar-refractivity contribution is 6.60. The van der Waals surface area contributed by atoms with Gasteiger partial charge in [-0.2, -0.15) is 0 Å². The first-order valence-corrected chi connectivity index (χ1v) is 10.3. The summed E-state index contributed by atoms with van der Waals surface area (Å²) in [6.07, 6.45) is 2.19. The minimum absolute atomic E-state index is 0.543. The summed E-state index contributed by atoms with van der Waals surface area (Å²) < 4.78 is 17.6. The zero-order chi connectivity index (χ0) is 16.1. The fourth-order valence-electron chi connectivity index (χ4n) is 2.45. The zero-order valence-electron chi connectivity index (χ0n) is 14.7. The molecule has 0 aliphatic rings. The first-order valence-electron chi connectivity index (χ1n) is 8.41. The number of rotatable bonds is 14. The van der Waals surface area contributed by atoms with Gasteiger partial charge in [-0.05, 0) is 54.0 Å². The van der Waals surface area contributed by atoms with Crippen molar-refractivity contribution < 1.29 is 13.3 Å². The van der Waals surface area contributed by atoms with E-state index >= 15 is 0 Å². The predicted molar refractivity (Wildman–Crippen MR) is 90.4 cm³/mol. The van der Waals surface area contributed by atoms with Crippen molar-refractivity contribution in [1.82, 2.24) is 4.90 Å². The molecule has 6 heteroatoms. The second-order valence-electron chi connectivity index (χ2n) is 5.36. The summed E-state index contributed by atoms with van der Waals surface area (Å²) in [4.78, 5) is 2.42. The molecule has 128 valence electrons. The van der Waals surface area contributed by atoms with Gasteiger partial charge >= 0.3 is 8.80 Å². The lowest BCUT2D eigenvalue weighted by Gasteiger charge is -2.29. The number of nitrogens with two attached hydrogens (primary N) is 1. The van der Waals surface area contributed by atoms with Gasteiger partial charge in [0.2, 0.25) is 0 Å². The number of hydrogen-bond donors (Lipinski definition) is 1. The lowest BCUT2D eigenvalue weighted by molar-refractivity contribution is 0.0703. The van der Waals surface area contributed by atoms with Gasteiger partial charge in [0, 0.05) is 45.0 Å². The molecule has 0 bridgehead atoms. The second kappa shape index (κ2) is 12.5. The van der Waals surface area contributed by atoms with E-state index in [2.05, 4.69) is 18.7 Å². The number of unbranched alkanes of at least 4 members (excludes halogenated alkanes) is 1. The number of nitrogens with zero attached hydrogens (tertiary/aromatic N) is 1. The van der Waals surface area contributed by atoms with Crippen LogP contribution in [0.1, 0.15) is 47.5 Å². The van der Waals surface area contributed by atoms with E-state index in [0.29, 0.717) is 32.4 Å². The largest absolute Gasteiger partial charge is 0.500 e. The summed E-state index contributed by atoms with van der Waals surface area (Å²) in [5.74, 6) is 0. The molecule has 0 heterocycles. The minimum atomic E-state index is -2.46. The van der Waals surface area contributed by atoms with Gasteiger partial charge in [-0.25, -0.2) is 0 Å². The average molecular weight is 321 g/mol. The molecule has 0 aliphatic heterocycles. The van der Waals surface area contributed by atoms with E-state index in [-0.39, 0.29) is 0 Å². The van der Waals surface area contributed by atoms with Crippen LogP contribution in [0.3, 0.4) is 0 Å². The van der Waals surface area contributed by atoms with Crippen molar-refractivity contribution in [2.45, 2.75) is 59.5 Å². The molecule has 0 saturated carbocycles. The lowest BCUT2D eigenvalue weighted by Crippen LogP contribution is -2.46. The number of hydrogen-bond acceptors (Lipinski definition) is 5. The summed E-state index contributed by atoms with van der Waals surface area (Å²) >= 11 is 0. The molecule has 0 aromatic heterocycles. The Morgan fingerprint density at radius 3 is 1.81 bits per heavy atom. The first-order chi connectivity index (χ1) is 10.0. The topological polar surface area (TPSA) is 57.0 Å². The molecule has 0 spiro atoms. The Hall–Kier alpha value is 0.0169. The fraction of sp³-hybridized carbons (Fsp3) is 1.00. The Morgan fingerprint density at radius 2 is 1.43 bits per heavy atom. The third-order valence-electron chi connectivity index (χ3n) is 3.42. The molecule has 0 atom stereocenters. The Balaban J connectivity index is 4.27. The quantitative estimate of drug-likeness (QED) is 0.394. The maximum atomic E-state index is 5.87. The molecule has 0 aliphatic carbocycles. The van der Waals surface area contributed by atoms with Gasteiger partial charge in [-0.15, -0.1) is 0 Å². The highest BCUT2D eigenvalue weighted by Crippen LogP contribution is 2.19. The van der Waals surface area contributed by atoms with E-state index in [4.69, 9.17) is 19.0 Å². The van der Waals surface area contributed by atoms with Crippen LogP contribution in [-0.2, 0) is 13.3 Å². The fourth-order valence-corrected chi connectivity index (χ4v) is 5.14. The zero-order valence-corrected chi connectivity index (χ0v) is 15.7. The maximum Gasteiger partial charge on any atom is 0.500 e. The van der Waals surface area contributed by atoms with Crippen LogP contribution < -0.4 is 5.73 Å². The van der Waals surface area contributed by atoms with E-state index in [1.165, 1.54) is 0 Å². The molecule has 2 N–H and O–H groups in total. The molecule has 0 saturated heterocycles. The van der Waals surface area contributed by atoms with Crippen LogP contribution >= 0.6 is 0 Å². The van der Waals surface area contributed by atoms with Gasteiger partial charge in [0.05, 0.1) is 0 Å². The standard InChI is InChI=1S/C15H36N2O3Si/c1-6-18-21(19-7-2,20-8-3)14-10-9-12-17(13-11-16)15(4)5/h15H,6-14,16H2,1-5H3. The lowest BCUT2D eigenvalue weighted by atomic mass is 10.2. The van der Waals surface area contributed by atoms with Crippen molar-refractivity contribution >= 4 is 8.80 Å². The van der Waals surface area contributed by atoms with Gasteiger partial charge in [0.15, 0.2) is 0 Å². The first kappa shape index (κ1) is 21.0. The Labute approximate surface area is 132 Å². The predicted octanol–water partition coefficient (Wildman–Crippen LogP) is 2.48. The monoisotopic (exact) mass is 320 g/mol. The summed E-state index contributed by atoms with van der Waals surface area (Å²) in [7, 11) is -2.46. The van der Waals surface area contributed by atoms with Crippen molar-refractivity contribution in [3.05, 3.63) is 0 Å². The van der Waals surface area contributed by atoms with Crippen molar-refractivity contribution in [3.8, 4) is 0 Å². The average Bonchev–Trinajstić information content (AvgIpc) is 2.43. The van der Waals surface area contributed by atoms with Crippen molar-refractivity contribution in [3.63, 3.8) is 0 Å². The highest BCUT2D eigenvalue weighted by atomic mass is 28.4. The molecule has 0 aromatic carbocycles. The Morgan fingerprint density at radius 1 is 0.905 bits per heavy atom. The summed E-state index contributed by atoms with van der Waals surface area (Å²) in [5.41, 5.74) is 5.66. The van der Waals surface area contributed by atoms with Crippen LogP contribution in [0, 0.1) is 0 Å². The van der Waals surface area contributed by atoms with Gasteiger partial charge in [0.25, 0.3) is 0 Å². The van der Waals surface area contributed by atoms with E-state index in [0.717, 1.165) is 32.0 Å². The highest BCUT2D eigenvalue weighted by Gasteiger charge is 2.39. The van der Waals surface area contributed by atoms with Crippen LogP contribution in [0.15, 0.2) is 0 Å². The SMILES string of the molecule is CCO[Si](CCCCN(CCN)C(C)C)(OCC)OCC. The van der Waals surface area contributed by atoms with E-state index in [1.807, 2.05) is 20.8 Å². The second-order valence-corrected chi connectivity index (χ2v) is 8.09. The van der Waals surface area contributed by atoms with E-state index in [1.54, 1.807) is 0 Å². The summed E-state index contributed by atoms with van der Waals surface area (Å²) in [6.45, 7) is 15.1. The van der Waals surface area contributed by atoms with Gasteiger partial charge in [-0.3, -0.25) is 4.90 Å². The molecule has 0 rings (SSSR count). The summed E-state index contributed by atoms with van der Waals surface area (Å²) in [6, 6.07) is 1.44. The van der Waals surface area contributed by atoms with E-state index in [9.17, 15) is 0 Å². The van der Waals surface area contributed by atoms with Gasteiger partial charge in [0.1, 0.15) is 0 Å². The maximum absolute atomic E-state index is 5.87. The molecule has 0 fully saturated rings. The normalized spacial score (nSPS) is 12.6. The molecular formula is C15H36N2O3Si. The molecule has 0 unspecified atom stereocenters. The van der Waals surface area contributed by atoms with Crippen LogP contribution in [0.5, 0.6) is 0 Å². The Kier molecular flexibility index (Phi) is 12.6. The summed E-state index contributed by atoms with van der Waals surface area (Å²) in [5, 5.41) is 0. The smallest absolute Gasteiger partial charge is 0.374 e.